The van der Waals surface area contributed by atoms with Gasteiger partial charge in [0.05, 0.1) is 4.92 Å². The van der Waals surface area contributed by atoms with Crippen LogP contribution >= 0.6 is 0 Å². The fraction of sp³-hybridized carbons (Fsp3) is 0.150. The molecule has 0 spiro atoms. The molecule has 0 unspecified atom stereocenters. The second kappa shape index (κ2) is 7.23. The number of hydrogen-bond donors (Lipinski definition) is 0. The van der Waals surface area contributed by atoms with E-state index in [0.717, 1.165) is 5.57 Å². The summed E-state index contributed by atoms with van der Waals surface area (Å²) in [5, 5.41) is 11.7. The Balaban J connectivity index is 2.07. The lowest BCUT2D eigenvalue weighted by Crippen LogP contribution is -1.99. The van der Waals surface area contributed by atoms with E-state index in [0.29, 0.717) is 34.5 Å². The molecule has 0 N–H and O–H groups in total. The number of non-ortho nitro benzene ring substituents is 1. The number of nitro groups is 1. The van der Waals surface area contributed by atoms with E-state index < -0.39 is 10.5 Å². The van der Waals surface area contributed by atoms with Crippen molar-refractivity contribution in [3.8, 4) is 16.9 Å². The van der Waals surface area contributed by atoms with Gasteiger partial charge in [-0.1, -0.05) is 17.7 Å². The van der Waals surface area contributed by atoms with Crippen LogP contribution in [0.5, 0.6) is 5.75 Å². The predicted molar refractivity (Wildman–Crippen MR) is 99.5 cm³/mol. The first-order valence-corrected chi connectivity index (χ1v) is 8.03. The molecule has 0 aliphatic carbocycles. The topological polar surface area (TPSA) is 82.6 Å². The molecule has 1 heterocycles. The molecule has 2 aromatic carbocycles. The molecule has 0 saturated heterocycles. The highest BCUT2D eigenvalue weighted by Crippen LogP contribution is 2.31. The number of ether oxygens (including phenoxy) is 1. The summed E-state index contributed by atoms with van der Waals surface area (Å²) in [6.07, 6.45) is 1.94. The lowest BCUT2D eigenvalue weighted by molar-refractivity contribution is -0.384. The fourth-order valence-corrected chi connectivity index (χ4v) is 2.56. The highest BCUT2D eigenvalue weighted by atomic mass is 16.6. The second-order valence-corrected chi connectivity index (χ2v) is 6.04. The molecule has 0 saturated carbocycles. The average molecular weight is 351 g/mol. The van der Waals surface area contributed by atoms with Crippen LogP contribution in [0.2, 0.25) is 0 Å². The summed E-state index contributed by atoms with van der Waals surface area (Å²) < 4.78 is 10.9. The van der Waals surface area contributed by atoms with E-state index in [1.165, 1.54) is 18.2 Å². The Hall–Kier alpha value is -3.41. The quantitative estimate of drug-likeness (QED) is 0.288. The summed E-state index contributed by atoms with van der Waals surface area (Å²) >= 11 is 0. The van der Waals surface area contributed by atoms with Crippen LogP contribution in [-0.2, 0) is 0 Å². The monoisotopic (exact) mass is 351 g/mol. The molecular formula is C20H17NO5. The van der Waals surface area contributed by atoms with Crippen molar-refractivity contribution in [3.05, 3.63) is 80.7 Å². The second-order valence-electron chi connectivity index (χ2n) is 6.04. The summed E-state index contributed by atoms with van der Waals surface area (Å²) in [5.74, 6) is 0.578. The van der Waals surface area contributed by atoms with Crippen molar-refractivity contribution < 1.29 is 14.1 Å². The van der Waals surface area contributed by atoms with Gasteiger partial charge in [-0.15, -0.1) is 0 Å². The van der Waals surface area contributed by atoms with E-state index in [4.69, 9.17) is 9.15 Å². The molecule has 0 radical (unpaired) electrons. The minimum Gasteiger partial charge on any atom is -0.489 e. The highest BCUT2D eigenvalue weighted by Gasteiger charge is 2.12. The van der Waals surface area contributed by atoms with E-state index in [9.17, 15) is 14.9 Å². The van der Waals surface area contributed by atoms with Crippen LogP contribution in [-0.4, -0.2) is 11.5 Å². The predicted octanol–water partition coefficient (Wildman–Crippen LogP) is 4.71. The summed E-state index contributed by atoms with van der Waals surface area (Å²) in [4.78, 5) is 22.5. The van der Waals surface area contributed by atoms with Gasteiger partial charge in [0.1, 0.15) is 17.9 Å². The van der Waals surface area contributed by atoms with Gasteiger partial charge in [-0.3, -0.25) is 10.1 Å². The number of hydrogen-bond acceptors (Lipinski definition) is 5. The van der Waals surface area contributed by atoms with Crippen molar-refractivity contribution >= 4 is 16.7 Å². The maximum Gasteiger partial charge on any atom is 0.336 e. The average Bonchev–Trinajstić information content (AvgIpc) is 2.60. The van der Waals surface area contributed by atoms with E-state index >= 15 is 0 Å². The van der Waals surface area contributed by atoms with Crippen LogP contribution in [0.15, 0.2) is 69.4 Å². The summed E-state index contributed by atoms with van der Waals surface area (Å²) in [5.41, 5.74) is 2.11. The molecule has 0 atom stereocenters. The van der Waals surface area contributed by atoms with Gasteiger partial charge in [0, 0.05) is 35.2 Å². The maximum absolute atomic E-state index is 12.0. The van der Waals surface area contributed by atoms with Crippen LogP contribution in [0.3, 0.4) is 0 Å². The minimum atomic E-state index is -0.527. The van der Waals surface area contributed by atoms with Gasteiger partial charge < -0.3 is 9.15 Å². The number of fused-ring (bicyclic) bond motifs is 1. The van der Waals surface area contributed by atoms with Crippen molar-refractivity contribution in [2.75, 3.05) is 6.61 Å². The van der Waals surface area contributed by atoms with Crippen molar-refractivity contribution in [2.45, 2.75) is 13.8 Å². The molecule has 0 bridgehead atoms. The Bertz CT molecular complexity index is 1060. The maximum atomic E-state index is 12.0. The largest absolute Gasteiger partial charge is 0.489 e. The highest BCUT2D eigenvalue weighted by molar-refractivity contribution is 5.94. The van der Waals surface area contributed by atoms with Crippen molar-refractivity contribution in [1.82, 2.24) is 0 Å². The van der Waals surface area contributed by atoms with Gasteiger partial charge in [0.25, 0.3) is 5.69 Å². The standard InChI is InChI=1S/C20H17NO5/c1-13(2)8-9-25-16-6-7-17-18(12-20(22)26-19(17)11-16)14-4-3-5-15(10-14)21(23)24/h3-8,10-12H,9H2,1-2H3. The zero-order chi connectivity index (χ0) is 18.7. The van der Waals surface area contributed by atoms with Crippen LogP contribution < -0.4 is 10.4 Å². The van der Waals surface area contributed by atoms with Crippen LogP contribution in [0.25, 0.3) is 22.1 Å². The van der Waals surface area contributed by atoms with E-state index in [1.807, 2.05) is 19.9 Å². The number of benzene rings is 2. The van der Waals surface area contributed by atoms with Gasteiger partial charge in [-0.25, -0.2) is 4.79 Å². The molecule has 0 aliphatic heterocycles. The van der Waals surface area contributed by atoms with Crippen molar-refractivity contribution in [1.29, 1.82) is 0 Å². The van der Waals surface area contributed by atoms with Crippen LogP contribution in [0.1, 0.15) is 13.8 Å². The summed E-state index contributed by atoms with van der Waals surface area (Å²) in [6.45, 7) is 4.38. The molecule has 6 nitrogen and oxygen atoms in total. The Kier molecular flexibility index (Phi) is 4.84. The lowest BCUT2D eigenvalue weighted by Gasteiger charge is -2.08. The zero-order valence-electron chi connectivity index (χ0n) is 14.4. The zero-order valence-corrected chi connectivity index (χ0v) is 14.4. The third-order valence-electron chi connectivity index (χ3n) is 3.83. The molecule has 3 rings (SSSR count). The fourth-order valence-electron chi connectivity index (χ4n) is 2.56. The first-order chi connectivity index (χ1) is 12.4. The van der Waals surface area contributed by atoms with Crippen molar-refractivity contribution in [2.24, 2.45) is 0 Å². The van der Waals surface area contributed by atoms with Gasteiger partial charge in [0.2, 0.25) is 0 Å². The molecule has 1 aromatic heterocycles. The van der Waals surface area contributed by atoms with E-state index in [2.05, 4.69) is 0 Å². The minimum absolute atomic E-state index is 0.0365. The van der Waals surface area contributed by atoms with Gasteiger partial charge in [-0.2, -0.15) is 0 Å². The number of rotatable bonds is 5. The molecule has 26 heavy (non-hydrogen) atoms. The van der Waals surface area contributed by atoms with E-state index in [1.54, 1.807) is 30.3 Å². The third-order valence-corrected chi connectivity index (χ3v) is 3.83. The first kappa shape index (κ1) is 17.4. The molecule has 132 valence electrons. The van der Waals surface area contributed by atoms with Gasteiger partial charge in [0.15, 0.2) is 0 Å². The molecule has 0 amide bonds. The Morgan fingerprint density at radius 2 is 2.00 bits per heavy atom. The first-order valence-electron chi connectivity index (χ1n) is 8.03. The third kappa shape index (κ3) is 3.80. The van der Waals surface area contributed by atoms with Crippen LogP contribution in [0.4, 0.5) is 5.69 Å². The smallest absolute Gasteiger partial charge is 0.336 e. The van der Waals surface area contributed by atoms with Gasteiger partial charge in [-0.05, 0) is 37.6 Å². The summed E-state index contributed by atoms with van der Waals surface area (Å²) in [6, 6.07) is 12.7. The van der Waals surface area contributed by atoms with Crippen molar-refractivity contribution in [3.63, 3.8) is 0 Å². The Morgan fingerprint density at radius 1 is 1.19 bits per heavy atom. The van der Waals surface area contributed by atoms with E-state index in [-0.39, 0.29) is 5.69 Å². The molecule has 6 heteroatoms. The number of nitro benzene ring substituents is 1. The summed E-state index contributed by atoms with van der Waals surface area (Å²) in [7, 11) is 0. The molecule has 3 aromatic rings. The number of nitrogens with zero attached hydrogens (tertiary/aromatic N) is 1. The molecule has 0 aliphatic rings. The Labute approximate surface area is 149 Å². The Morgan fingerprint density at radius 3 is 2.73 bits per heavy atom. The number of allylic oxidation sites excluding steroid dienone is 1. The normalized spacial score (nSPS) is 10.5. The van der Waals surface area contributed by atoms with Crippen LogP contribution in [0, 0.1) is 10.1 Å². The molecular weight excluding hydrogens is 334 g/mol. The van der Waals surface area contributed by atoms with Gasteiger partial charge >= 0.3 is 5.63 Å². The SMILES string of the molecule is CC(C)=CCOc1ccc2c(-c3cccc([N+](=O)[O-])c3)cc(=O)oc2c1. The lowest BCUT2D eigenvalue weighted by atomic mass is 10.0. The molecule has 0 fully saturated rings.